The second-order valence-electron chi connectivity index (χ2n) is 12.1. The number of para-hydroxylation sites is 1. The molecule has 2 heterocycles. The lowest BCUT2D eigenvalue weighted by Crippen LogP contribution is -2.09. The lowest BCUT2D eigenvalue weighted by Gasteiger charge is -2.26. The van der Waals surface area contributed by atoms with Crippen LogP contribution in [-0.4, -0.2) is 0 Å². The van der Waals surface area contributed by atoms with Crippen molar-refractivity contribution in [3.05, 3.63) is 164 Å². The molecular formula is C44H27NOS. The summed E-state index contributed by atoms with van der Waals surface area (Å²) in [6.45, 7) is 0. The first-order valence-corrected chi connectivity index (χ1v) is 16.7. The minimum absolute atomic E-state index is 0.961. The van der Waals surface area contributed by atoms with Crippen molar-refractivity contribution in [2.45, 2.75) is 0 Å². The van der Waals surface area contributed by atoms with Crippen LogP contribution in [0.2, 0.25) is 0 Å². The minimum Gasteiger partial charge on any atom is -0.455 e. The molecule has 0 aliphatic heterocycles. The molecule has 0 bridgehead atoms. The Morgan fingerprint density at radius 2 is 1.06 bits per heavy atom. The molecular weight excluding hydrogens is 591 g/mol. The zero-order valence-corrected chi connectivity index (χ0v) is 26.2. The van der Waals surface area contributed by atoms with Gasteiger partial charge in [-0.05, 0) is 81.9 Å². The molecule has 0 aliphatic carbocycles. The third kappa shape index (κ3) is 4.10. The average molecular weight is 618 g/mol. The Balaban J connectivity index is 1.16. The van der Waals surface area contributed by atoms with Gasteiger partial charge in [-0.15, -0.1) is 11.3 Å². The molecule has 0 fully saturated rings. The predicted octanol–water partition coefficient (Wildman–Crippen LogP) is 13.4. The van der Waals surface area contributed by atoms with E-state index in [1.165, 1.54) is 47.5 Å². The van der Waals surface area contributed by atoms with E-state index in [1.807, 2.05) is 11.3 Å². The number of thiophene rings is 1. The van der Waals surface area contributed by atoms with Crippen LogP contribution in [0, 0.1) is 0 Å². The second kappa shape index (κ2) is 10.3. The fourth-order valence-corrected chi connectivity index (χ4v) is 8.40. The van der Waals surface area contributed by atoms with Gasteiger partial charge in [0.25, 0.3) is 0 Å². The zero-order valence-electron chi connectivity index (χ0n) is 25.4. The van der Waals surface area contributed by atoms with Gasteiger partial charge in [-0.25, -0.2) is 0 Å². The topological polar surface area (TPSA) is 16.4 Å². The average Bonchev–Trinajstić information content (AvgIpc) is 3.70. The number of hydrogen-bond donors (Lipinski definition) is 0. The first-order valence-electron chi connectivity index (χ1n) is 15.9. The molecule has 10 aromatic rings. The third-order valence-electron chi connectivity index (χ3n) is 9.43. The zero-order chi connectivity index (χ0) is 30.9. The van der Waals surface area contributed by atoms with Gasteiger partial charge in [0.2, 0.25) is 0 Å². The molecule has 2 aromatic heterocycles. The van der Waals surface area contributed by atoms with Gasteiger partial charge in [0.05, 0.1) is 0 Å². The van der Waals surface area contributed by atoms with E-state index < -0.39 is 0 Å². The summed E-state index contributed by atoms with van der Waals surface area (Å²) in [5, 5.41) is 9.60. The molecule has 2 nitrogen and oxygen atoms in total. The Hall–Kier alpha value is -5.90. The van der Waals surface area contributed by atoms with E-state index in [2.05, 4.69) is 169 Å². The maximum absolute atomic E-state index is 6.74. The fraction of sp³-hybridized carbons (Fsp3) is 0. The first-order chi connectivity index (χ1) is 23.3. The van der Waals surface area contributed by atoms with Crippen molar-refractivity contribution in [1.29, 1.82) is 0 Å². The van der Waals surface area contributed by atoms with Crippen LogP contribution in [0.4, 0.5) is 17.1 Å². The van der Waals surface area contributed by atoms with Gasteiger partial charge in [0, 0.05) is 53.4 Å². The van der Waals surface area contributed by atoms with Crippen molar-refractivity contribution in [2.75, 3.05) is 4.90 Å². The molecule has 0 spiro atoms. The molecule has 47 heavy (non-hydrogen) atoms. The number of furan rings is 1. The van der Waals surface area contributed by atoms with Gasteiger partial charge in [-0.2, -0.15) is 0 Å². The van der Waals surface area contributed by atoms with Crippen LogP contribution < -0.4 is 4.90 Å². The maximum atomic E-state index is 6.74. The van der Waals surface area contributed by atoms with Gasteiger partial charge in [0.15, 0.2) is 0 Å². The van der Waals surface area contributed by atoms with Gasteiger partial charge >= 0.3 is 0 Å². The third-order valence-corrected chi connectivity index (χ3v) is 10.5. The summed E-state index contributed by atoms with van der Waals surface area (Å²) in [5.74, 6) is 0. The molecule has 0 N–H and O–H groups in total. The molecule has 0 radical (unpaired) electrons. The molecule has 0 atom stereocenters. The number of fused-ring (bicyclic) bond motifs is 10. The maximum Gasteiger partial charge on any atom is 0.144 e. The summed E-state index contributed by atoms with van der Waals surface area (Å²) in [7, 11) is 0. The highest BCUT2D eigenvalue weighted by Gasteiger charge is 2.19. The molecule has 220 valence electrons. The lowest BCUT2D eigenvalue weighted by atomic mass is 9.97. The normalized spacial score (nSPS) is 11.8. The SMILES string of the molecule is c1ccc(N(c2cccc(-c3cccc4ccccc34)c2)c2ccc3c(c2)sc2ccc4c5ccc6ccccc6c5oc4c23)cc1. The highest BCUT2D eigenvalue weighted by molar-refractivity contribution is 7.26. The van der Waals surface area contributed by atoms with E-state index in [-0.39, 0.29) is 0 Å². The molecule has 3 heteroatoms. The first kappa shape index (κ1) is 26.3. The largest absolute Gasteiger partial charge is 0.455 e. The molecule has 0 amide bonds. The van der Waals surface area contributed by atoms with Crippen molar-refractivity contribution in [3.63, 3.8) is 0 Å². The Bertz CT molecular complexity index is 2800. The molecule has 10 rings (SSSR count). The van der Waals surface area contributed by atoms with Crippen molar-refractivity contribution < 1.29 is 4.42 Å². The minimum atomic E-state index is 0.961. The van der Waals surface area contributed by atoms with Crippen LogP contribution in [0.5, 0.6) is 0 Å². The smallest absolute Gasteiger partial charge is 0.144 e. The molecule has 0 unspecified atom stereocenters. The summed E-state index contributed by atoms with van der Waals surface area (Å²) in [6, 6.07) is 58.9. The Morgan fingerprint density at radius 3 is 1.96 bits per heavy atom. The Labute approximate surface area is 275 Å². The van der Waals surface area contributed by atoms with Crippen LogP contribution in [0.15, 0.2) is 168 Å². The van der Waals surface area contributed by atoms with E-state index in [9.17, 15) is 0 Å². The highest BCUT2D eigenvalue weighted by atomic mass is 32.1. The summed E-state index contributed by atoms with van der Waals surface area (Å²) < 4.78 is 9.21. The van der Waals surface area contributed by atoms with Crippen LogP contribution in [0.3, 0.4) is 0 Å². The summed E-state index contributed by atoms with van der Waals surface area (Å²) >= 11 is 1.83. The number of benzene rings is 8. The van der Waals surface area contributed by atoms with E-state index >= 15 is 0 Å². The summed E-state index contributed by atoms with van der Waals surface area (Å²) in [4.78, 5) is 2.36. The highest BCUT2D eigenvalue weighted by Crippen LogP contribution is 2.45. The molecule has 8 aromatic carbocycles. The van der Waals surface area contributed by atoms with Crippen molar-refractivity contribution in [3.8, 4) is 11.1 Å². The van der Waals surface area contributed by atoms with Gasteiger partial charge < -0.3 is 9.32 Å². The van der Waals surface area contributed by atoms with E-state index in [4.69, 9.17) is 4.42 Å². The summed E-state index contributed by atoms with van der Waals surface area (Å²) in [5.41, 5.74) is 7.72. The van der Waals surface area contributed by atoms with Crippen molar-refractivity contribution in [1.82, 2.24) is 0 Å². The number of rotatable bonds is 4. The molecule has 0 saturated heterocycles. The Kier molecular flexibility index (Phi) is 5.78. The van der Waals surface area contributed by atoms with Crippen molar-refractivity contribution in [2.24, 2.45) is 0 Å². The van der Waals surface area contributed by atoms with Gasteiger partial charge in [-0.1, -0.05) is 109 Å². The molecule has 0 aliphatic rings. The van der Waals surface area contributed by atoms with Crippen molar-refractivity contribution >= 4 is 92.1 Å². The quantitative estimate of drug-likeness (QED) is 0.195. The van der Waals surface area contributed by atoms with Gasteiger partial charge in [0.1, 0.15) is 11.2 Å². The summed E-state index contributed by atoms with van der Waals surface area (Å²) in [6.07, 6.45) is 0. The number of hydrogen-bond acceptors (Lipinski definition) is 3. The lowest BCUT2D eigenvalue weighted by molar-refractivity contribution is 0.677. The van der Waals surface area contributed by atoms with E-state index in [0.29, 0.717) is 0 Å². The number of anilines is 3. The Morgan fingerprint density at radius 1 is 0.404 bits per heavy atom. The second-order valence-corrected chi connectivity index (χ2v) is 13.2. The van der Waals surface area contributed by atoms with Crippen LogP contribution >= 0.6 is 11.3 Å². The van der Waals surface area contributed by atoms with Crippen LogP contribution in [0.1, 0.15) is 0 Å². The van der Waals surface area contributed by atoms with E-state index in [0.717, 1.165) is 44.4 Å². The fourth-order valence-electron chi connectivity index (χ4n) is 7.26. The van der Waals surface area contributed by atoms with Crippen LogP contribution in [-0.2, 0) is 0 Å². The van der Waals surface area contributed by atoms with E-state index in [1.54, 1.807) is 0 Å². The molecule has 0 saturated carbocycles. The predicted molar refractivity (Wildman–Crippen MR) is 202 cm³/mol. The monoisotopic (exact) mass is 617 g/mol. The standard InChI is InChI=1S/C44H27NOS/c1-2-14-31(15-3-1)45(32-16-8-13-30(26-32)35-19-9-12-28-10-4-6-17-34(28)35)33-21-23-39-41(27-33)47-40-25-24-38-37-22-20-29-11-5-7-18-36(29)43(37)46-44(38)42(39)40/h1-27H. The van der Waals surface area contributed by atoms with Crippen LogP contribution in [0.25, 0.3) is 74.8 Å². The van der Waals surface area contributed by atoms with Gasteiger partial charge in [-0.3, -0.25) is 0 Å². The number of nitrogens with zero attached hydrogens (tertiary/aromatic N) is 1.